The molecule has 0 unspecified atom stereocenters. The van der Waals surface area contributed by atoms with Crippen LogP contribution in [0.5, 0.6) is 0 Å². The van der Waals surface area contributed by atoms with Crippen molar-refractivity contribution in [2.24, 2.45) is 0 Å². The molecule has 3 rings (SSSR count). The molecule has 0 atom stereocenters. The fourth-order valence-corrected chi connectivity index (χ4v) is 2.47. The maximum atomic E-state index is 5.87. The summed E-state index contributed by atoms with van der Waals surface area (Å²) in [6.07, 6.45) is 3.88. The summed E-state index contributed by atoms with van der Waals surface area (Å²) in [5, 5.41) is 2.27. The minimum atomic E-state index is 0.282. The van der Waals surface area contributed by atoms with E-state index in [1.165, 1.54) is 0 Å². The van der Waals surface area contributed by atoms with Gasteiger partial charge in [-0.3, -0.25) is 0 Å². The van der Waals surface area contributed by atoms with Crippen LogP contribution in [0.1, 0.15) is 0 Å². The maximum absolute atomic E-state index is 5.87. The molecule has 0 amide bonds. The molecule has 0 radical (unpaired) electrons. The summed E-state index contributed by atoms with van der Waals surface area (Å²) in [5.41, 5.74) is 0.892. The number of rotatable bonds is 1. The Balaban J connectivity index is 2.38. The molecular weight excluding hydrogens is 230 g/mol. The van der Waals surface area contributed by atoms with Gasteiger partial charge in [0, 0.05) is 12.4 Å². The quantitative estimate of drug-likeness (QED) is 0.607. The molecule has 3 aromatic rings. The van der Waals surface area contributed by atoms with Gasteiger partial charge in [0.1, 0.15) is 0 Å². The second-order valence-corrected chi connectivity index (χ2v) is 4.30. The number of thiophene rings is 1. The SMILES string of the molecule is Clc1nc(-n2cccc2)c2sccc2n1. The van der Waals surface area contributed by atoms with E-state index in [-0.39, 0.29) is 5.28 Å². The fourth-order valence-electron chi connectivity index (χ4n) is 1.47. The van der Waals surface area contributed by atoms with E-state index in [2.05, 4.69) is 9.97 Å². The van der Waals surface area contributed by atoms with Crippen LogP contribution in [0.3, 0.4) is 0 Å². The third-order valence-electron chi connectivity index (χ3n) is 2.11. The van der Waals surface area contributed by atoms with Crippen molar-refractivity contribution in [1.82, 2.24) is 14.5 Å². The molecular formula is C10H6ClN3S. The van der Waals surface area contributed by atoms with Gasteiger partial charge in [-0.15, -0.1) is 11.3 Å². The first kappa shape index (κ1) is 8.88. The lowest BCUT2D eigenvalue weighted by Crippen LogP contribution is -1.96. The number of hydrogen-bond acceptors (Lipinski definition) is 3. The van der Waals surface area contributed by atoms with Crippen LogP contribution in [0.2, 0.25) is 5.28 Å². The number of halogens is 1. The van der Waals surface area contributed by atoms with Gasteiger partial charge in [0.05, 0.1) is 10.2 Å². The summed E-state index contributed by atoms with van der Waals surface area (Å²) < 4.78 is 2.99. The molecule has 3 aromatic heterocycles. The Bertz CT molecular complexity index is 600. The van der Waals surface area contributed by atoms with Crippen LogP contribution in [-0.4, -0.2) is 14.5 Å². The van der Waals surface area contributed by atoms with E-state index in [0.29, 0.717) is 0 Å². The summed E-state index contributed by atoms with van der Waals surface area (Å²) >= 11 is 7.48. The van der Waals surface area contributed by atoms with Crippen LogP contribution >= 0.6 is 22.9 Å². The summed E-state index contributed by atoms with van der Waals surface area (Å²) in [5.74, 6) is 0.838. The number of nitrogens with zero attached hydrogens (tertiary/aromatic N) is 3. The highest BCUT2D eigenvalue weighted by Gasteiger charge is 2.08. The Morgan fingerprint density at radius 1 is 1.20 bits per heavy atom. The lowest BCUT2D eigenvalue weighted by molar-refractivity contribution is 1.01. The molecule has 0 aromatic carbocycles. The molecule has 0 fully saturated rings. The molecule has 15 heavy (non-hydrogen) atoms. The number of fused-ring (bicyclic) bond motifs is 1. The van der Waals surface area contributed by atoms with E-state index in [1.807, 2.05) is 40.5 Å². The van der Waals surface area contributed by atoms with Crippen molar-refractivity contribution < 1.29 is 0 Å². The second-order valence-electron chi connectivity index (χ2n) is 3.04. The third kappa shape index (κ3) is 1.42. The summed E-state index contributed by atoms with van der Waals surface area (Å²) in [6, 6.07) is 5.85. The Morgan fingerprint density at radius 3 is 2.80 bits per heavy atom. The molecule has 0 bridgehead atoms. The van der Waals surface area contributed by atoms with Gasteiger partial charge in [-0.05, 0) is 35.2 Å². The first-order valence-corrected chi connectivity index (χ1v) is 5.64. The molecule has 0 spiro atoms. The van der Waals surface area contributed by atoms with Gasteiger partial charge in [0.25, 0.3) is 0 Å². The lowest BCUT2D eigenvalue weighted by Gasteiger charge is -2.03. The molecule has 3 heterocycles. The Morgan fingerprint density at radius 2 is 2.00 bits per heavy atom. The van der Waals surface area contributed by atoms with Crippen LogP contribution in [-0.2, 0) is 0 Å². The minimum absolute atomic E-state index is 0.282. The van der Waals surface area contributed by atoms with Gasteiger partial charge < -0.3 is 4.57 Å². The van der Waals surface area contributed by atoms with Crippen molar-refractivity contribution in [3.8, 4) is 5.82 Å². The summed E-state index contributed by atoms with van der Waals surface area (Å²) in [4.78, 5) is 8.40. The zero-order chi connectivity index (χ0) is 10.3. The van der Waals surface area contributed by atoms with Crippen LogP contribution in [0.25, 0.3) is 16.0 Å². The lowest BCUT2D eigenvalue weighted by atomic mass is 10.4. The Hall–Kier alpha value is -1.39. The van der Waals surface area contributed by atoms with E-state index in [1.54, 1.807) is 11.3 Å². The topological polar surface area (TPSA) is 30.7 Å². The summed E-state index contributed by atoms with van der Waals surface area (Å²) in [7, 11) is 0. The molecule has 0 aliphatic rings. The van der Waals surface area contributed by atoms with Gasteiger partial charge in [0.2, 0.25) is 5.28 Å². The molecule has 0 aliphatic heterocycles. The molecule has 74 valence electrons. The van der Waals surface area contributed by atoms with Crippen molar-refractivity contribution >= 4 is 33.2 Å². The largest absolute Gasteiger partial charge is 0.307 e. The van der Waals surface area contributed by atoms with E-state index < -0.39 is 0 Å². The highest BCUT2D eigenvalue weighted by atomic mass is 35.5. The van der Waals surface area contributed by atoms with E-state index in [0.717, 1.165) is 16.0 Å². The molecule has 0 saturated heterocycles. The molecule has 5 heteroatoms. The predicted octanol–water partition coefficient (Wildman–Crippen LogP) is 3.14. The molecule has 3 nitrogen and oxygen atoms in total. The van der Waals surface area contributed by atoms with E-state index >= 15 is 0 Å². The summed E-state index contributed by atoms with van der Waals surface area (Å²) in [6.45, 7) is 0. The minimum Gasteiger partial charge on any atom is -0.307 e. The number of hydrogen-bond donors (Lipinski definition) is 0. The van der Waals surface area contributed by atoms with Crippen molar-refractivity contribution in [1.29, 1.82) is 0 Å². The highest BCUT2D eigenvalue weighted by Crippen LogP contribution is 2.26. The third-order valence-corrected chi connectivity index (χ3v) is 3.18. The van der Waals surface area contributed by atoms with Crippen molar-refractivity contribution in [3.05, 3.63) is 41.3 Å². The predicted molar refractivity (Wildman–Crippen MR) is 61.8 cm³/mol. The van der Waals surface area contributed by atoms with Crippen LogP contribution < -0.4 is 0 Å². The zero-order valence-electron chi connectivity index (χ0n) is 7.59. The maximum Gasteiger partial charge on any atom is 0.224 e. The van der Waals surface area contributed by atoms with Gasteiger partial charge in [-0.25, -0.2) is 4.98 Å². The van der Waals surface area contributed by atoms with Crippen LogP contribution in [0, 0.1) is 0 Å². The molecule has 0 aliphatic carbocycles. The molecule has 0 saturated carbocycles. The normalized spacial score (nSPS) is 11.0. The van der Waals surface area contributed by atoms with E-state index in [4.69, 9.17) is 11.6 Å². The highest BCUT2D eigenvalue weighted by molar-refractivity contribution is 7.17. The standard InChI is InChI=1S/C10H6ClN3S/c11-10-12-7-3-6-15-8(7)9(13-10)14-4-1-2-5-14/h1-6H. The number of aromatic nitrogens is 3. The van der Waals surface area contributed by atoms with Crippen molar-refractivity contribution in [2.75, 3.05) is 0 Å². The molecule has 0 N–H and O–H groups in total. The van der Waals surface area contributed by atoms with Crippen LogP contribution in [0.4, 0.5) is 0 Å². The monoisotopic (exact) mass is 235 g/mol. The second kappa shape index (κ2) is 3.32. The van der Waals surface area contributed by atoms with Crippen molar-refractivity contribution in [3.63, 3.8) is 0 Å². The average molecular weight is 236 g/mol. The fraction of sp³-hybridized carbons (Fsp3) is 0. The van der Waals surface area contributed by atoms with Crippen molar-refractivity contribution in [2.45, 2.75) is 0 Å². The average Bonchev–Trinajstić information content (AvgIpc) is 2.86. The van der Waals surface area contributed by atoms with Gasteiger partial charge in [0.15, 0.2) is 5.82 Å². The van der Waals surface area contributed by atoms with Crippen LogP contribution in [0.15, 0.2) is 36.0 Å². The van der Waals surface area contributed by atoms with E-state index in [9.17, 15) is 0 Å². The first-order valence-electron chi connectivity index (χ1n) is 4.39. The smallest absolute Gasteiger partial charge is 0.224 e. The first-order chi connectivity index (χ1) is 7.34. The Kier molecular flexibility index (Phi) is 1.97. The zero-order valence-corrected chi connectivity index (χ0v) is 9.16. The van der Waals surface area contributed by atoms with Gasteiger partial charge >= 0.3 is 0 Å². The Labute approximate surface area is 95.0 Å². The van der Waals surface area contributed by atoms with Gasteiger partial charge in [-0.2, -0.15) is 4.98 Å². The van der Waals surface area contributed by atoms with Gasteiger partial charge in [-0.1, -0.05) is 0 Å².